The molecule has 0 saturated carbocycles. The second-order valence-electron chi connectivity index (χ2n) is 7.19. The van der Waals surface area contributed by atoms with E-state index < -0.39 is 6.17 Å². The highest BCUT2D eigenvalue weighted by molar-refractivity contribution is 6.09. The Bertz CT molecular complexity index is 983. The number of dihydropyridines is 1. The first kappa shape index (κ1) is 16.9. The standard InChI is InChI=1S/C19H19FN6O2/c20-12-5-6-24(9-12)17-3-1-13(7-21-17)26-10-15-16(23-26)11-25(19(15)28)18-4-2-14(27)8-22-18/h1-4,8,10,12-13,27H,5-7,9,11H2/t12-,13?/m0/s1. The molecule has 0 aliphatic carbocycles. The van der Waals surface area contributed by atoms with Crippen LogP contribution in [0.5, 0.6) is 5.75 Å². The van der Waals surface area contributed by atoms with Crippen LogP contribution in [-0.2, 0) is 6.54 Å². The zero-order valence-electron chi connectivity index (χ0n) is 15.1. The predicted molar refractivity (Wildman–Crippen MR) is 100 cm³/mol. The fraction of sp³-hybridized carbons (Fsp3) is 0.368. The van der Waals surface area contributed by atoms with Crippen molar-refractivity contribution < 1.29 is 14.3 Å². The van der Waals surface area contributed by atoms with Gasteiger partial charge < -0.3 is 10.0 Å². The van der Waals surface area contributed by atoms with Crippen molar-refractivity contribution in [3.63, 3.8) is 0 Å². The summed E-state index contributed by atoms with van der Waals surface area (Å²) in [5.41, 5.74) is 1.25. The van der Waals surface area contributed by atoms with Crippen LogP contribution >= 0.6 is 0 Å². The number of alkyl halides is 1. The lowest BCUT2D eigenvalue weighted by Gasteiger charge is -2.23. The summed E-state index contributed by atoms with van der Waals surface area (Å²) in [4.78, 5) is 24.9. The van der Waals surface area contributed by atoms with Gasteiger partial charge in [-0.3, -0.25) is 19.4 Å². The molecule has 0 radical (unpaired) electrons. The number of aromatic hydroxyl groups is 1. The maximum atomic E-state index is 13.4. The SMILES string of the molecule is O=C1c2cn(C3C=CC(N4CC[C@H](F)C4)=NC3)nc2CN1c1ccc(O)cn1. The van der Waals surface area contributed by atoms with Crippen LogP contribution in [0.4, 0.5) is 10.2 Å². The molecule has 2 atom stereocenters. The Labute approximate surface area is 160 Å². The summed E-state index contributed by atoms with van der Waals surface area (Å²) in [5.74, 6) is 1.19. The molecule has 1 N–H and O–H groups in total. The fourth-order valence-electron chi connectivity index (χ4n) is 3.78. The van der Waals surface area contributed by atoms with Crippen LogP contribution in [0, 0.1) is 0 Å². The number of hydrogen-bond acceptors (Lipinski definition) is 6. The number of rotatable bonds is 2. The number of amides is 1. The van der Waals surface area contributed by atoms with Crippen LogP contribution in [0.15, 0.2) is 41.7 Å². The van der Waals surface area contributed by atoms with Crippen molar-refractivity contribution in [3.05, 3.63) is 47.9 Å². The minimum atomic E-state index is -0.778. The second-order valence-corrected chi connectivity index (χ2v) is 7.19. The number of carbonyl (C=O) groups excluding carboxylic acids is 1. The van der Waals surface area contributed by atoms with E-state index in [1.807, 2.05) is 17.1 Å². The normalized spacial score (nSPS) is 24.0. The number of halogens is 1. The van der Waals surface area contributed by atoms with Gasteiger partial charge in [0.25, 0.3) is 5.91 Å². The van der Waals surface area contributed by atoms with Crippen LogP contribution in [0.3, 0.4) is 0 Å². The monoisotopic (exact) mass is 382 g/mol. The molecule has 1 saturated heterocycles. The molecule has 8 nitrogen and oxygen atoms in total. The lowest BCUT2D eigenvalue weighted by molar-refractivity contribution is 0.0995. The van der Waals surface area contributed by atoms with E-state index in [2.05, 4.69) is 15.1 Å². The van der Waals surface area contributed by atoms with Gasteiger partial charge in [0.05, 0.1) is 43.1 Å². The molecule has 5 heterocycles. The number of nitrogens with zero attached hydrogens (tertiary/aromatic N) is 6. The number of likely N-dealkylation sites (tertiary alicyclic amines) is 1. The average Bonchev–Trinajstić information content (AvgIpc) is 3.39. The molecular weight excluding hydrogens is 363 g/mol. The van der Waals surface area contributed by atoms with Crippen molar-refractivity contribution in [2.45, 2.75) is 25.2 Å². The molecule has 2 aromatic rings. The quantitative estimate of drug-likeness (QED) is 0.854. The second kappa shape index (κ2) is 6.43. The Kier molecular flexibility index (Phi) is 3.88. The highest BCUT2D eigenvalue weighted by Gasteiger charge is 2.33. The molecule has 144 valence electrons. The van der Waals surface area contributed by atoms with E-state index in [0.717, 1.165) is 5.84 Å². The molecule has 1 fully saturated rings. The van der Waals surface area contributed by atoms with Gasteiger partial charge in [-0.1, -0.05) is 6.08 Å². The van der Waals surface area contributed by atoms with E-state index in [4.69, 9.17) is 0 Å². The largest absolute Gasteiger partial charge is 0.506 e. The van der Waals surface area contributed by atoms with Gasteiger partial charge in [0.2, 0.25) is 0 Å². The Morgan fingerprint density at radius 3 is 2.82 bits per heavy atom. The summed E-state index contributed by atoms with van der Waals surface area (Å²) in [6, 6.07) is 3.04. The lowest BCUT2D eigenvalue weighted by Crippen LogP contribution is -2.30. The third-order valence-electron chi connectivity index (χ3n) is 5.30. The smallest absolute Gasteiger partial charge is 0.263 e. The van der Waals surface area contributed by atoms with Crippen LogP contribution in [-0.4, -0.2) is 62.3 Å². The highest BCUT2D eigenvalue weighted by Crippen LogP contribution is 2.28. The summed E-state index contributed by atoms with van der Waals surface area (Å²) in [5, 5.41) is 13.9. The first-order valence-electron chi connectivity index (χ1n) is 9.25. The van der Waals surface area contributed by atoms with Gasteiger partial charge in [-0.15, -0.1) is 0 Å². The maximum absolute atomic E-state index is 13.4. The summed E-state index contributed by atoms with van der Waals surface area (Å²) < 4.78 is 15.2. The summed E-state index contributed by atoms with van der Waals surface area (Å²) in [6.07, 6.45) is 6.75. The number of aromatic nitrogens is 3. The summed E-state index contributed by atoms with van der Waals surface area (Å²) in [7, 11) is 0. The Morgan fingerprint density at radius 1 is 1.29 bits per heavy atom. The van der Waals surface area contributed by atoms with Crippen molar-refractivity contribution in [1.29, 1.82) is 0 Å². The van der Waals surface area contributed by atoms with Crippen LogP contribution in [0.2, 0.25) is 0 Å². The van der Waals surface area contributed by atoms with E-state index in [-0.39, 0.29) is 17.7 Å². The molecule has 1 amide bonds. The Morgan fingerprint density at radius 2 is 2.18 bits per heavy atom. The molecule has 9 heteroatoms. The van der Waals surface area contributed by atoms with E-state index >= 15 is 0 Å². The van der Waals surface area contributed by atoms with Crippen molar-refractivity contribution >= 4 is 17.6 Å². The van der Waals surface area contributed by atoms with Gasteiger partial charge in [0.15, 0.2) is 0 Å². The average molecular weight is 382 g/mol. The topological polar surface area (TPSA) is 86.9 Å². The van der Waals surface area contributed by atoms with E-state index in [1.165, 1.54) is 17.2 Å². The molecule has 1 unspecified atom stereocenters. The predicted octanol–water partition coefficient (Wildman–Crippen LogP) is 1.70. The van der Waals surface area contributed by atoms with E-state index in [0.29, 0.717) is 49.7 Å². The molecule has 3 aliphatic heterocycles. The molecule has 0 spiro atoms. The summed E-state index contributed by atoms with van der Waals surface area (Å²) >= 11 is 0. The number of fused-ring (bicyclic) bond motifs is 1. The Balaban J connectivity index is 1.29. The minimum Gasteiger partial charge on any atom is -0.506 e. The number of pyridine rings is 1. The van der Waals surface area contributed by atoms with Crippen LogP contribution < -0.4 is 4.90 Å². The highest BCUT2D eigenvalue weighted by atomic mass is 19.1. The number of amidine groups is 1. The van der Waals surface area contributed by atoms with Gasteiger partial charge in [0.1, 0.15) is 23.6 Å². The van der Waals surface area contributed by atoms with Crippen LogP contribution in [0.25, 0.3) is 0 Å². The van der Waals surface area contributed by atoms with Gasteiger partial charge in [-0.2, -0.15) is 5.10 Å². The van der Waals surface area contributed by atoms with E-state index in [9.17, 15) is 14.3 Å². The third-order valence-corrected chi connectivity index (χ3v) is 5.30. The minimum absolute atomic E-state index is 0.0540. The van der Waals surface area contributed by atoms with Gasteiger partial charge in [-0.05, 0) is 24.6 Å². The zero-order valence-corrected chi connectivity index (χ0v) is 15.1. The van der Waals surface area contributed by atoms with Gasteiger partial charge >= 0.3 is 0 Å². The first-order chi connectivity index (χ1) is 13.6. The molecule has 0 bridgehead atoms. The molecule has 2 aromatic heterocycles. The van der Waals surface area contributed by atoms with Crippen molar-refractivity contribution in [2.75, 3.05) is 24.5 Å². The van der Waals surface area contributed by atoms with Gasteiger partial charge in [-0.25, -0.2) is 9.37 Å². The fourth-order valence-corrected chi connectivity index (χ4v) is 3.78. The maximum Gasteiger partial charge on any atom is 0.263 e. The van der Waals surface area contributed by atoms with Gasteiger partial charge in [0, 0.05) is 12.7 Å². The number of anilines is 1. The number of aliphatic imine (C=N–C) groups is 1. The zero-order chi connectivity index (χ0) is 19.3. The van der Waals surface area contributed by atoms with Crippen LogP contribution in [0.1, 0.15) is 28.5 Å². The van der Waals surface area contributed by atoms with Crippen molar-refractivity contribution in [3.8, 4) is 5.75 Å². The molecule has 3 aliphatic rings. The number of carbonyl (C=O) groups is 1. The van der Waals surface area contributed by atoms with E-state index in [1.54, 1.807) is 16.9 Å². The molecule has 0 aromatic carbocycles. The first-order valence-corrected chi connectivity index (χ1v) is 9.25. The lowest BCUT2D eigenvalue weighted by atomic mass is 10.2. The molecular formula is C19H19FN6O2. The van der Waals surface area contributed by atoms with Crippen molar-refractivity contribution in [1.82, 2.24) is 19.7 Å². The number of hydrogen-bond donors (Lipinski definition) is 1. The van der Waals surface area contributed by atoms with Crippen molar-refractivity contribution in [2.24, 2.45) is 4.99 Å². The Hall–Kier alpha value is -3.23. The molecule has 5 rings (SSSR count). The molecule has 28 heavy (non-hydrogen) atoms. The summed E-state index contributed by atoms with van der Waals surface area (Å²) in [6.45, 7) is 1.95. The third kappa shape index (κ3) is 2.83.